The first-order valence-electron chi connectivity index (χ1n) is 8.41. The van der Waals surface area contributed by atoms with Gasteiger partial charge in [-0.2, -0.15) is 0 Å². The minimum atomic E-state index is -0.417. The summed E-state index contributed by atoms with van der Waals surface area (Å²) in [5, 5.41) is 5.50. The zero-order valence-corrected chi connectivity index (χ0v) is 13.7. The van der Waals surface area contributed by atoms with Crippen LogP contribution in [0.2, 0.25) is 0 Å². The summed E-state index contributed by atoms with van der Waals surface area (Å²) in [6.07, 6.45) is 4.83. The lowest BCUT2D eigenvalue weighted by molar-refractivity contribution is -0.128. The van der Waals surface area contributed by atoms with Crippen LogP contribution < -0.4 is 15.5 Å². The molecule has 2 saturated heterocycles. The average Bonchev–Trinajstić information content (AvgIpc) is 2.63. The second-order valence-corrected chi connectivity index (χ2v) is 6.02. The molecule has 6 nitrogen and oxygen atoms in total. The highest BCUT2D eigenvalue weighted by molar-refractivity contribution is 5.95. The van der Waals surface area contributed by atoms with E-state index in [0.717, 1.165) is 38.3 Å². The molecule has 1 atom stereocenters. The molecule has 0 radical (unpaired) electrons. The van der Waals surface area contributed by atoms with Gasteiger partial charge < -0.3 is 20.3 Å². The van der Waals surface area contributed by atoms with Gasteiger partial charge in [-0.25, -0.2) is 0 Å². The Morgan fingerprint density at radius 1 is 1.25 bits per heavy atom. The number of rotatable bonds is 4. The molecular weight excluding hydrogens is 306 g/mol. The highest BCUT2D eigenvalue weighted by Crippen LogP contribution is 2.17. The average molecular weight is 329 g/mol. The second kappa shape index (κ2) is 7.97. The van der Waals surface area contributed by atoms with Crippen molar-refractivity contribution in [1.82, 2.24) is 10.6 Å². The smallest absolute Gasteiger partial charge is 0.244 e. The largest absolute Gasteiger partial charge is 0.378 e. The lowest BCUT2D eigenvalue weighted by atomic mass is 10.1. The van der Waals surface area contributed by atoms with Crippen molar-refractivity contribution in [1.29, 1.82) is 0 Å². The molecule has 128 valence electrons. The van der Waals surface area contributed by atoms with Gasteiger partial charge in [0.05, 0.1) is 13.2 Å². The molecule has 6 heteroatoms. The first-order chi connectivity index (χ1) is 11.7. The number of amides is 2. The molecule has 2 aliphatic rings. The van der Waals surface area contributed by atoms with Gasteiger partial charge in [0.1, 0.15) is 6.04 Å². The molecule has 2 heterocycles. The molecule has 0 aromatic heterocycles. The summed E-state index contributed by atoms with van der Waals surface area (Å²) in [7, 11) is 0. The Balaban J connectivity index is 1.53. The van der Waals surface area contributed by atoms with E-state index in [1.54, 1.807) is 6.08 Å². The van der Waals surface area contributed by atoms with Gasteiger partial charge in [-0.3, -0.25) is 9.59 Å². The molecule has 0 bridgehead atoms. The molecule has 0 saturated carbocycles. The molecule has 0 spiro atoms. The maximum Gasteiger partial charge on any atom is 0.244 e. The Labute approximate surface area is 141 Å². The molecule has 2 N–H and O–H groups in total. The van der Waals surface area contributed by atoms with Crippen molar-refractivity contribution in [2.24, 2.45) is 0 Å². The van der Waals surface area contributed by atoms with Crippen molar-refractivity contribution < 1.29 is 14.3 Å². The number of nitrogens with one attached hydrogen (secondary N) is 2. The van der Waals surface area contributed by atoms with E-state index in [0.29, 0.717) is 13.0 Å². The quantitative estimate of drug-likeness (QED) is 0.806. The van der Waals surface area contributed by atoms with Crippen LogP contribution in [0.3, 0.4) is 0 Å². The zero-order valence-electron chi connectivity index (χ0n) is 13.7. The van der Waals surface area contributed by atoms with Crippen LogP contribution in [0.4, 0.5) is 5.69 Å². The summed E-state index contributed by atoms with van der Waals surface area (Å²) >= 11 is 0. The maximum atomic E-state index is 11.9. The van der Waals surface area contributed by atoms with Gasteiger partial charge >= 0.3 is 0 Å². The molecule has 3 rings (SSSR count). The zero-order chi connectivity index (χ0) is 16.8. The number of hydrogen-bond donors (Lipinski definition) is 2. The van der Waals surface area contributed by atoms with E-state index in [1.807, 2.05) is 12.1 Å². The molecule has 0 unspecified atom stereocenters. The van der Waals surface area contributed by atoms with E-state index in [2.05, 4.69) is 27.7 Å². The predicted octanol–water partition coefficient (Wildman–Crippen LogP) is 0.931. The number of anilines is 1. The highest BCUT2D eigenvalue weighted by Gasteiger charge is 2.22. The van der Waals surface area contributed by atoms with Crippen LogP contribution in [0.5, 0.6) is 0 Å². The van der Waals surface area contributed by atoms with Gasteiger partial charge in [-0.1, -0.05) is 12.1 Å². The Morgan fingerprint density at radius 3 is 2.71 bits per heavy atom. The van der Waals surface area contributed by atoms with E-state index < -0.39 is 6.04 Å². The molecule has 24 heavy (non-hydrogen) atoms. The van der Waals surface area contributed by atoms with Crippen molar-refractivity contribution in [3.05, 3.63) is 35.9 Å². The molecule has 1 aromatic rings. The van der Waals surface area contributed by atoms with E-state index in [-0.39, 0.29) is 11.8 Å². The summed E-state index contributed by atoms with van der Waals surface area (Å²) in [6, 6.07) is 7.67. The lowest BCUT2D eigenvalue weighted by Crippen LogP contribution is -2.49. The Hall–Kier alpha value is -2.34. The number of benzene rings is 1. The molecule has 0 aliphatic carbocycles. The van der Waals surface area contributed by atoms with Gasteiger partial charge in [0, 0.05) is 31.4 Å². The number of ether oxygens (including phenoxy) is 1. The van der Waals surface area contributed by atoms with E-state index >= 15 is 0 Å². The first kappa shape index (κ1) is 16.5. The standard InChI is InChI=1S/C18H23N3O3/c22-17(20-16-2-1-9-19-18(16)23)8-5-14-3-6-15(7-4-14)21-10-12-24-13-11-21/h3-8,16H,1-2,9-13H2,(H,19,23)(H,20,22)/b8-5-/t16-/m1/s1. The van der Waals surface area contributed by atoms with Gasteiger partial charge in [0.25, 0.3) is 0 Å². The number of nitrogens with zero attached hydrogens (tertiary/aromatic N) is 1. The third-order valence-corrected chi connectivity index (χ3v) is 4.30. The normalized spacial score (nSPS) is 21.6. The van der Waals surface area contributed by atoms with E-state index in [9.17, 15) is 9.59 Å². The fourth-order valence-corrected chi connectivity index (χ4v) is 2.92. The van der Waals surface area contributed by atoms with Crippen molar-refractivity contribution >= 4 is 23.6 Å². The van der Waals surface area contributed by atoms with E-state index in [4.69, 9.17) is 4.74 Å². The minimum absolute atomic E-state index is 0.0992. The van der Waals surface area contributed by atoms with E-state index in [1.165, 1.54) is 11.8 Å². The number of carbonyl (C=O) groups is 2. The Bertz CT molecular complexity index is 606. The Kier molecular flexibility index (Phi) is 5.48. The van der Waals surface area contributed by atoms with Crippen LogP contribution in [0.1, 0.15) is 18.4 Å². The number of piperidine rings is 1. The predicted molar refractivity (Wildman–Crippen MR) is 92.7 cm³/mol. The third-order valence-electron chi connectivity index (χ3n) is 4.30. The molecule has 2 aliphatic heterocycles. The lowest BCUT2D eigenvalue weighted by Gasteiger charge is -2.28. The number of morpholine rings is 1. The van der Waals surface area contributed by atoms with Crippen LogP contribution >= 0.6 is 0 Å². The van der Waals surface area contributed by atoms with Crippen LogP contribution in [0, 0.1) is 0 Å². The fourth-order valence-electron chi connectivity index (χ4n) is 2.92. The topological polar surface area (TPSA) is 70.7 Å². The molecule has 2 amide bonds. The summed E-state index contributed by atoms with van der Waals surface area (Å²) in [5.41, 5.74) is 2.12. The second-order valence-electron chi connectivity index (χ2n) is 6.02. The number of carbonyl (C=O) groups excluding carboxylic acids is 2. The third kappa shape index (κ3) is 4.35. The fraction of sp³-hybridized carbons (Fsp3) is 0.444. The van der Waals surface area contributed by atoms with Crippen LogP contribution in [0.25, 0.3) is 6.08 Å². The summed E-state index contributed by atoms with van der Waals surface area (Å²) in [5.74, 6) is -0.341. The van der Waals surface area contributed by atoms with Gasteiger partial charge in [0.2, 0.25) is 11.8 Å². The first-order valence-corrected chi connectivity index (χ1v) is 8.41. The van der Waals surface area contributed by atoms with Gasteiger partial charge in [-0.05, 0) is 36.6 Å². The SMILES string of the molecule is O=C(/C=C\c1ccc(N2CCOCC2)cc1)N[C@@H]1CCCNC1=O. The van der Waals surface area contributed by atoms with Crippen LogP contribution in [-0.2, 0) is 14.3 Å². The van der Waals surface area contributed by atoms with Crippen LogP contribution in [-0.4, -0.2) is 50.7 Å². The number of hydrogen-bond acceptors (Lipinski definition) is 4. The maximum absolute atomic E-state index is 11.9. The molecular formula is C18H23N3O3. The minimum Gasteiger partial charge on any atom is -0.378 e. The summed E-state index contributed by atoms with van der Waals surface area (Å²) in [4.78, 5) is 25.9. The Morgan fingerprint density at radius 2 is 2.00 bits per heavy atom. The summed E-state index contributed by atoms with van der Waals surface area (Å²) in [6.45, 7) is 4.02. The van der Waals surface area contributed by atoms with Crippen molar-refractivity contribution in [2.45, 2.75) is 18.9 Å². The van der Waals surface area contributed by atoms with Crippen molar-refractivity contribution in [2.75, 3.05) is 37.7 Å². The van der Waals surface area contributed by atoms with Crippen molar-refractivity contribution in [3.63, 3.8) is 0 Å². The highest BCUT2D eigenvalue weighted by atomic mass is 16.5. The summed E-state index contributed by atoms with van der Waals surface area (Å²) < 4.78 is 5.35. The molecule has 1 aromatic carbocycles. The van der Waals surface area contributed by atoms with Gasteiger partial charge in [-0.15, -0.1) is 0 Å². The van der Waals surface area contributed by atoms with Gasteiger partial charge in [0.15, 0.2) is 0 Å². The van der Waals surface area contributed by atoms with Crippen molar-refractivity contribution in [3.8, 4) is 0 Å². The van der Waals surface area contributed by atoms with Crippen LogP contribution in [0.15, 0.2) is 30.3 Å². The molecule has 2 fully saturated rings. The monoisotopic (exact) mass is 329 g/mol.